The van der Waals surface area contributed by atoms with Crippen LogP contribution in [0.3, 0.4) is 0 Å². The van der Waals surface area contributed by atoms with E-state index in [0.717, 1.165) is 5.57 Å². The van der Waals surface area contributed by atoms with E-state index in [-0.39, 0.29) is 24.1 Å². The molecule has 126 valence electrons. The highest BCUT2D eigenvalue weighted by atomic mass is 35.5. The van der Waals surface area contributed by atoms with E-state index in [2.05, 4.69) is 25.0 Å². The molecule has 0 spiro atoms. The number of rotatable bonds is 8. The summed E-state index contributed by atoms with van der Waals surface area (Å²) < 4.78 is 6.75. The van der Waals surface area contributed by atoms with Crippen LogP contribution in [0, 0.1) is 0 Å². The first-order valence-corrected chi connectivity index (χ1v) is 7.69. The van der Waals surface area contributed by atoms with Gasteiger partial charge in [0.05, 0.1) is 19.4 Å². The summed E-state index contributed by atoms with van der Waals surface area (Å²) in [5.41, 5.74) is 10.3. The predicted molar refractivity (Wildman–Crippen MR) is 88.3 cm³/mol. The zero-order chi connectivity index (χ0) is 17.4. The van der Waals surface area contributed by atoms with Crippen LogP contribution in [0.4, 0.5) is 0 Å². The van der Waals surface area contributed by atoms with Crippen LogP contribution in [-0.2, 0) is 16.1 Å². The first kappa shape index (κ1) is 17.7. The second-order valence-corrected chi connectivity index (χ2v) is 5.14. The number of allylic oxidation sites excluding steroid dienone is 1. The fourth-order valence-corrected chi connectivity index (χ4v) is 2.29. The molecule has 0 fully saturated rings. The van der Waals surface area contributed by atoms with Crippen molar-refractivity contribution in [1.82, 2.24) is 19.5 Å². The maximum absolute atomic E-state index is 11.7. The first-order chi connectivity index (χ1) is 11.7. The molecule has 0 aliphatic heterocycles. The quantitative estimate of drug-likeness (QED) is 0.181. The van der Waals surface area contributed by atoms with Gasteiger partial charge in [0, 0.05) is 18.0 Å². The number of hydrogen-bond acceptors (Lipinski definition) is 6. The predicted octanol–water partition coefficient (Wildman–Crippen LogP) is 3.06. The summed E-state index contributed by atoms with van der Waals surface area (Å²) in [7, 11) is 0. The Bertz CT molecular complexity index is 796. The van der Waals surface area contributed by atoms with E-state index in [0.29, 0.717) is 30.7 Å². The fraction of sp³-hybridized carbons (Fsp3) is 0.429. The van der Waals surface area contributed by atoms with Gasteiger partial charge in [0.1, 0.15) is 11.8 Å². The lowest BCUT2D eigenvalue weighted by atomic mass is 10.1. The average molecular weight is 350 g/mol. The molecule has 0 aliphatic carbocycles. The van der Waals surface area contributed by atoms with Gasteiger partial charge >= 0.3 is 5.97 Å². The number of ether oxygens (including phenoxy) is 1. The van der Waals surface area contributed by atoms with Crippen molar-refractivity contribution in [3.05, 3.63) is 39.9 Å². The van der Waals surface area contributed by atoms with E-state index in [1.807, 2.05) is 6.08 Å². The molecular formula is C14H16ClN7O2. The normalized spacial score (nSPS) is 11.3. The van der Waals surface area contributed by atoms with Crippen molar-refractivity contribution < 1.29 is 9.53 Å². The summed E-state index contributed by atoms with van der Waals surface area (Å²) >= 11 is 5.97. The number of imidazole rings is 1. The maximum atomic E-state index is 11.7. The SMILES string of the molecule is CCOC(=O)C/C(=C\Cn1cnc2c(Cl)ncnc21)CCN=[N+]=[N-]. The Morgan fingerprint density at radius 2 is 2.33 bits per heavy atom. The van der Waals surface area contributed by atoms with Gasteiger partial charge in [-0.05, 0) is 18.9 Å². The molecule has 0 radical (unpaired) electrons. The molecule has 0 aliphatic rings. The largest absolute Gasteiger partial charge is 0.466 e. The zero-order valence-corrected chi connectivity index (χ0v) is 13.8. The van der Waals surface area contributed by atoms with Gasteiger partial charge in [0.15, 0.2) is 10.8 Å². The van der Waals surface area contributed by atoms with Crippen LogP contribution < -0.4 is 0 Å². The molecule has 0 amide bonds. The molecule has 2 aromatic heterocycles. The zero-order valence-electron chi connectivity index (χ0n) is 13.1. The van der Waals surface area contributed by atoms with Crippen molar-refractivity contribution in [2.45, 2.75) is 26.3 Å². The van der Waals surface area contributed by atoms with E-state index in [9.17, 15) is 4.79 Å². The second-order valence-electron chi connectivity index (χ2n) is 4.78. The fourth-order valence-electron chi connectivity index (χ4n) is 2.11. The number of fused-ring (bicyclic) bond motifs is 1. The van der Waals surface area contributed by atoms with Crippen molar-refractivity contribution in [3.63, 3.8) is 0 Å². The van der Waals surface area contributed by atoms with Crippen molar-refractivity contribution in [3.8, 4) is 0 Å². The number of esters is 1. The van der Waals surface area contributed by atoms with Crippen LogP contribution in [0.1, 0.15) is 19.8 Å². The Balaban J connectivity index is 2.16. The third-order valence-electron chi connectivity index (χ3n) is 3.21. The van der Waals surface area contributed by atoms with Gasteiger partial charge in [-0.1, -0.05) is 28.4 Å². The van der Waals surface area contributed by atoms with E-state index in [1.54, 1.807) is 17.8 Å². The lowest BCUT2D eigenvalue weighted by molar-refractivity contribution is -0.142. The molecule has 0 N–H and O–H groups in total. The van der Waals surface area contributed by atoms with Gasteiger partial charge in [-0.3, -0.25) is 4.79 Å². The van der Waals surface area contributed by atoms with E-state index in [4.69, 9.17) is 21.9 Å². The minimum Gasteiger partial charge on any atom is -0.466 e. The van der Waals surface area contributed by atoms with Crippen LogP contribution in [-0.4, -0.2) is 38.6 Å². The Morgan fingerprint density at radius 1 is 1.50 bits per heavy atom. The number of azide groups is 1. The van der Waals surface area contributed by atoms with Crippen LogP contribution in [0.25, 0.3) is 21.6 Å². The maximum Gasteiger partial charge on any atom is 0.309 e. The molecule has 0 unspecified atom stereocenters. The van der Waals surface area contributed by atoms with Gasteiger partial charge in [0.2, 0.25) is 0 Å². The van der Waals surface area contributed by atoms with E-state index < -0.39 is 0 Å². The molecule has 10 heteroatoms. The number of hydrogen-bond donors (Lipinski definition) is 0. The van der Waals surface area contributed by atoms with Crippen molar-refractivity contribution in [2.24, 2.45) is 5.11 Å². The molecule has 0 atom stereocenters. The van der Waals surface area contributed by atoms with Crippen molar-refractivity contribution in [2.75, 3.05) is 13.2 Å². The molecule has 0 saturated heterocycles. The van der Waals surface area contributed by atoms with E-state index in [1.165, 1.54) is 6.33 Å². The molecular weight excluding hydrogens is 334 g/mol. The summed E-state index contributed by atoms with van der Waals surface area (Å²) in [4.78, 5) is 26.6. The van der Waals surface area contributed by atoms with Crippen LogP contribution in [0.15, 0.2) is 29.4 Å². The third kappa shape index (κ3) is 4.68. The number of aromatic nitrogens is 4. The summed E-state index contributed by atoms with van der Waals surface area (Å²) in [6.45, 7) is 2.81. The minimum absolute atomic E-state index is 0.150. The molecule has 24 heavy (non-hydrogen) atoms. The summed E-state index contributed by atoms with van der Waals surface area (Å²) in [6, 6.07) is 0. The molecule has 0 saturated carbocycles. The van der Waals surface area contributed by atoms with Gasteiger partial charge in [0.25, 0.3) is 0 Å². The number of halogens is 1. The molecule has 0 aromatic carbocycles. The Hall–Kier alpha value is -2.64. The highest BCUT2D eigenvalue weighted by Crippen LogP contribution is 2.17. The smallest absolute Gasteiger partial charge is 0.309 e. The lowest BCUT2D eigenvalue weighted by Crippen LogP contribution is -2.07. The Labute approximate surface area is 142 Å². The van der Waals surface area contributed by atoms with Gasteiger partial charge in [-0.25, -0.2) is 15.0 Å². The highest BCUT2D eigenvalue weighted by Gasteiger charge is 2.09. The average Bonchev–Trinajstić information content (AvgIpc) is 2.97. The Kier molecular flexibility index (Phi) is 6.53. The summed E-state index contributed by atoms with van der Waals surface area (Å²) in [5, 5.41) is 3.79. The number of nitrogens with zero attached hydrogens (tertiary/aromatic N) is 7. The summed E-state index contributed by atoms with van der Waals surface area (Å²) in [6.07, 6.45) is 5.48. The van der Waals surface area contributed by atoms with Crippen molar-refractivity contribution >= 4 is 28.7 Å². The Morgan fingerprint density at radius 3 is 3.08 bits per heavy atom. The standard InChI is InChI=1S/C14H16ClN7O2/c1-2-24-11(23)7-10(3-5-20-21-16)4-6-22-9-19-12-13(15)17-8-18-14(12)22/h4,8-9H,2-3,5-7H2,1H3/b10-4-. The highest BCUT2D eigenvalue weighted by molar-refractivity contribution is 6.33. The van der Waals surface area contributed by atoms with Gasteiger partial charge < -0.3 is 9.30 Å². The van der Waals surface area contributed by atoms with Crippen LogP contribution >= 0.6 is 11.6 Å². The molecule has 2 rings (SSSR count). The summed E-state index contributed by atoms with van der Waals surface area (Å²) in [5.74, 6) is -0.314. The first-order valence-electron chi connectivity index (χ1n) is 7.31. The second kappa shape index (κ2) is 8.85. The molecule has 9 nitrogen and oxygen atoms in total. The van der Waals surface area contributed by atoms with Crippen LogP contribution in [0.5, 0.6) is 0 Å². The minimum atomic E-state index is -0.314. The van der Waals surface area contributed by atoms with Gasteiger partial charge in [-0.15, -0.1) is 0 Å². The topological polar surface area (TPSA) is 119 Å². The van der Waals surface area contributed by atoms with E-state index >= 15 is 0 Å². The van der Waals surface area contributed by atoms with Crippen molar-refractivity contribution in [1.29, 1.82) is 0 Å². The number of carbonyl (C=O) groups is 1. The molecule has 2 aromatic rings. The third-order valence-corrected chi connectivity index (χ3v) is 3.48. The number of carbonyl (C=O) groups excluding carboxylic acids is 1. The van der Waals surface area contributed by atoms with Crippen LogP contribution in [0.2, 0.25) is 5.15 Å². The monoisotopic (exact) mass is 349 g/mol. The lowest BCUT2D eigenvalue weighted by Gasteiger charge is -2.07. The molecule has 2 heterocycles. The molecule has 0 bridgehead atoms. The van der Waals surface area contributed by atoms with Gasteiger partial charge in [-0.2, -0.15) is 0 Å².